The Hall–Kier alpha value is -1.91. The summed E-state index contributed by atoms with van der Waals surface area (Å²) < 4.78 is 0. The third kappa shape index (κ3) is 2.31. The summed E-state index contributed by atoms with van der Waals surface area (Å²) in [6.07, 6.45) is 7.47. The predicted octanol–water partition coefficient (Wildman–Crippen LogP) is 1.31. The summed E-state index contributed by atoms with van der Waals surface area (Å²) in [6.45, 7) is 0. The number of anilines is 1. The van der Waals surface area contributed by atoms with Gasteiger partial charge in [-0.05, 0) is 18.9 Å². The monoisotopic (exact) mass is 205 g/mol. The SMILES string of the molecule is O=C(O)c1ccnc(NC2CC=CC2)n1. The highest BCUT2D eigenvalue weighted by atomic mass is 16.4. The molecule has 0 spiro atoms. The van der Waals surface area contributed by atoms with Crippen molar-refractivity contribution in [1.29, 1.82) is 0 Å². The van der Waals surface area contributed by atoms with Crippen molar-refractivity contribution in [3.8, 4) is 0 Å². The van der Waals surface area contributed by atoms with Gasteiger partial charge in [0.2, 0.25) is 5.95 Å². The van der Waals surface area contributed by atoms with Crippen LogP contribution < -0.4 is 5.32 Å². The number of carboxylic acid groups (broad SMARTS) is 1. The van der Waals surface area contributed by atoms with Crippen LogP contribution in [-0.4, -0.2) is 27.1 Å². The molecular weight excluding hydrogens is 194 g/mol. The van der Waals surface area contributed by atoms with Crippen LogP contribution in [0.4, 0.5) is 5.95 Å². The molecule has 0 amide bonds. The molecule has 1 aliphatic rings. The minimum Gasteiger partial charge on any atom is -0.477 e. The van der Waals surface area contributed by atoms with E-state index in [-0.39, 0.29) is 11.7 Å². The van der Waals surface area contributed by atoms with Gasteiger partial charge in [0.15, 0.2) is 5.69 Å². The molecule has 0 saturated carbocycles. The molecule has 0 saturated heterocycles. The number of nitrogens with one attached hydrogen (secondary N) is 1. The number of carboxylic acids is 1. The van der Waals surface area contributed by atoms with Crippen molar-refractivity contribution >= 4 is 11.9 Å². The first kappa shape index (κ1) is 9.64. The van der Waals surface area contributed by atoms with Gasteiger partial charge < -0.3 is 10.4 Å². The molecule has 5 heteroatoms. The summed E-state index contributed by atoms with van der Waals surface area (Å²) in [5, 5.41) is 11.8. The molecule has 1 aliphatic carbocycles. The Kier molecular flexibility index (Phi) is 2.62. The molecule has 0 fully saturated rings. The van der Waals surface area contributed by atoms with E-state index in [9.17, 15) is 4.79 Å². The Morgan fingerprint density at radius 3 is 2.87 bits per heavy atom. The minimum atomic E-state index is -1.04. The second-order valence-electron chi connectivity index (χ2n) is 3.35. The van der Waals surface area contributed by atoms with Crippen molar-refractivity contribution < 1.29 is 9.90 Å². The molecule has 78 valence electrons. The lowest BCUT2D eigenvalue weighted by Crippen LogP contribution is -2.18. The maximum Gasteiger partial charge on any atom is 0.354 e. The van der Waals surface area contributed by atoms with Gasteiger partial charge in [-0.1, -0.05) is 12.2 Å². The average molecular weight is 205 g/mol. The van der Waals surface area contributed by atoms with Crippen LogP contribution in [0.5, 0.6) is 0 Å². The summed E-state index contributed by atoms with van der Waals surface area (Å²) in [5.41, 5.74) is 0.0125. The summed E-state index contributed by atoms with van der Waals surface area (Å²) >= 11 is 0. The predicted molar refractivity (Wildman–Crippen MR) is 54.8 cm³/mol. The molecule has 1 heterocycles. The van der Waals surface area contributed by atoms with E-state index in [1.165, 1.54) is 12.3 Å². The van der Waals surface area contributed by atoms with Crippen LogP contribution in [0, 0.1) is 0 Å². The summed E-state index contributed by atoms with van der Waals surface area (Å²) in [5.74, 6) is -0.659. The third-order valence-electron chi connectivity index (χ3n) is 2.22. The van der Waals surface area contributed by atoms with Gasteiger partial charge in [0.1, 0.15) is 0 Å². The molecule has 0 aliphatic heterocycles. The number of aromatic nitrogens is 2. The highest BCUT2D eigenvalue weighted by molar-refractivity contribution is 5.85. The summed E-state index contributed by atoms with van der Waals surface area (Å²) in [4.78, 5) is 18.5. The van der Waals surface area contributed by atoms with Crippen LogP contribution >= 0.6 is 0 Å². The van der Waals surface area contributed by atoms with E-state index < -0.39 is 5.97 Å². The van der Waals surface area contributed by atoms with Crippen LogP contribution in [0.25, 0.3) is 0 Å². The number of hydrogen-bond acceptors (Lipinski definition) is 4. The fraction of sp³-hybridized carbons (Fsp3) is 0.300. The lowest BCUT2D eigenvalue weighted by Gasteiger charge is -2.11. The van der Waals surface area contributed by atoms with Crippen LogP contribution in [-0.2, 0) is 0 Å². The smallest absolute Gasteiger partial charge is 0.354 e. The Morgan fingerprint density at radius 2 is 2.20 bits per heavy atom. The first-order chi connectivity index (χ1) is 7.25. The molecule has 0 unspecified atom stereocenters. The van der Waals surface area contributed by atoms with Gasteiger partial charge in [0.25, 0.3) is 0 Å². The van der Waals surface area contributed by atoms with E-state index >= 15 is 0 Å². The first-order valence-corrected chi connectivity index (χ1v) is 4.73. The first-order valence-electron chi connectivity index (χ1n) is 4.73. The van der Waals surface area contributed by atoms with E-state index in [2.05, 4.69) is 27.4 Å². The number of rotatable bonds is 3. The van der Waals surface area contributed by atoms with Gasteiger partial charge in [-0.25, -0.2) is 14.8 Å². The third-order valence-corrected chi connectivity index (χ3v) is 2.22. The second-order valence-corrected chi connectivity index (χ2v) is 3.35. The van der Waals surface area contributed by atoms with Crippen molar-refractivity contribution in [2.45, 2.75) is 18.9 Å². The molecule has 1 aromatic rings. The minimum absolute atomic E-state index is 0.0125. The second kappa shape index (κ2) is 4.08. The quantitative estimate of drug-likeness (QED) is 0.727. The van der Waals surface area contributed by atoms with Gasteiger partial charge in [0, 0.05) is 12.2 Å². The van der Waals surface area contributed by atoms with Crippen LogP contribution in [0.2, 0.25) is 0 Å². The van der Waals surface area contributed by atoms with Crippen LogP contribution in [0.3, 0.4) is 0 Å². The van der Waals surface area contributed by atoms with Crippen molar-refractivity contribution in [3.63, 3.8) is 0 Å². The Bertz CT molecular complexity index is 395. The Balaban J connectivity index is 2.07. The molecule has 15 heavy (non-hydrogen) atoms. The highest BCUT2D eigenvalue weighted by Crippen LogP contribution is 2.13. The number of nitrogens with zero attached hydrogens (tertiary/aromatic N) is 2. The van der Waals surface area contributed by atoms with E-state index in [1.54, 1.807) is 0 Å². The standard InChI is InChI=1S/C10H11N3O2/c14-9(15)8-5-6-11-10(13-8)12-7-3-1-2-4-7/h1-2,5-7H,3-4H2,(H,14,15)(H,11,12,13). The van der Waals surface area contributed by atoms with Gasteiger partial charge in [-0.3, -0.25) is 0 Å². The van der Waals surface area contributed by atoms with Crippen molar-refractivity contribution in [1.82, 2.24) is 9.97 Å². The van der Waals surface area contributed by atoms with Crippen molar-refractivity contribution in [3.05, 3.63) is 30.1 Å². The van der Waals surface area contributed by atoms with E-state index in [1.807, 2.05) is 0 Å². The molecule has 2 N–H and O–H groups in total. The topological polar surface area (TPSA) is 75.1 Å². The Labute approximate surface area is 86.9 Å². The zero-order chi connectivity index (χ0) is 10.7. The van der Waals surface area contributed by atoms with Crippen LogP contribution in [0.15, 0.2) is 24.4 Å². The lowest BCUT2D eigenvalue weighted by atomic mass is 10.2. The van der Waals surface area contributed by atoms with Gasteiger partial charge >= 0.3 is 5.97 Å². The molecule has 0 radical (unpaired) electrons. The fourth-order valence-corrected chi connectivity index (χ4v) is 1.46. The fourth-order valence-electron chi connectivity index (χ4n) is 1.46. The molecule has 5 nitrogen and oxygen atoms in total. The van der Waals surface area contributed by atoms with Crippen molar-refractivity contribution in [2.24, 2.45) is 0 Å². The normalized spacial score (nSPS) is 15.5. The molecule has 0 aromatic carbocycles. The maximum absolute atomic E-state index is 10.7. The largest absolute Gasteiger partial charge is 0.477 e. The Morgan fingerprint density at radius 1 is 1.47 bits per heavy atom. The maximum atomic E-state index is 10.7. The van der Waals surface area contributed by atoms with E-state index in [0.717, 1.165) is 12.8 Å². The summed E-state index contributed by atoms with van der Waals surface area (Å²) in [6, 6.07) is 1.66. The number of hydrogen-bond donors (Lipinski definition) is 2. The molecule has 1 aromatic heterocycles. The molecular formula is C10H11N3O2. The zero-order valence-corrected chi connectivity index (χ0v) is 8.05. The molecule has 2 rings (SSSR count). The lowest BCUT2D eigenvalue weighted by molar-refractivity contribution is 0.0690. The molecule has 0 bridgehead atoms. The van der Waals surface area contributed by atoms with Crippen molar-refractivity contribution in [2.75, 3.05) is 5.32 Å². The van der Waals surface area contributed by atoms with Gasteiger partial charge in [0.05, 0.1) is 0 Å². The van der Waals surface area contributed by atoms with Gasteiger partial charge in [-0.2, -0.15) is 0 Å². The number of aromatic carboxylic acids is 1. The zero-order valence-electron chi connectivity index (χ0n) is 8.05. The summed E-state index contributed by atoms with van der Waals surface area (Å²) in [7, 11) is 0. The van der Waals surface area contributed by atoms with E-state index in [4.69, 9.17) is 5.11 Å². The number of carbonyl (C=O) groups is 1. The molecule has 0 atom stereocenters. The van der Waals surface area contributed by atoms with Crippen LogP contribution in [0.1, 0.15) is 23.3 Å². The van der Waals surface area contributed by atoms with Gasteiger partial charge in [-0.15, -0.1) is 0 Å². The highest BCUT2D eigenvalue weighted by Gasteiger charge is 2.12. The average Bonchev–Trinajstić information content (AvgIpc) is 2.71. The van der Waals surface area contributed by atoms with E-state index in [0.29, 0.717) is 5.95 Å².